The number of nitrogens with zero attached hydrogens (tertiary/aromatic N) is 1. The van der Waals surface area contributed by atoms with E-state index in [-0.39, 0.29) is 18.4 Å². The highest BCUT2D eigenvalue weighted by atomic mass is 35.5. The molecule has 0 heterocycles. The largest absolute Gasteiger partial charge is 0.465 e. The van der Waals surface area contributed by atoms with E-state index in [0.29, 0.717) is 24.7 Å². The van der Waals surface area contributed by atoms with Crippen molar-refractivity contribution in [1.82, 2.24) is 15.5 Å². The number of carbonyl (C=O) groups excluding carboxylic acids is 2. The van der Waals surface area contributed by atoms with Crippen LogP contribution in [0.1, 0.15) is 33.1 Å². The summed E-state index contributed by atoms with van der Waals surface area (Å²) in [6.45, 7) is 4.50. The second kappa shape index (κ2) is 16.3. The van der Waals surface area contributed by atoms with Crippen molar-refractivity contribution in [2.45, 2.75) is 39.2 Å². The zero-order chi connectivity index (χ0) is 23.8. The Hall–Kier alpha value is -2.41. The van der Waals surface area contributed by atoms with Gasteiger partial charge in [0.1, 0.15) is 0 Å². The minimum atomic E-state index is -0.561. The smallest absolute Gasteiger partial charge is 0.319 e. The lowest BCUT2D eigenvalue weighted by molar-refractivity contribution is -0.142. The molecule has 176 valence electrons. The van der Waals surface area contributed by atoms with Crippen LogP contribution in [0.4, 0.5) is 0 Å². The molecular formula is C25H36ClN3O3. The second-order valence-corrected chi connectivity index (χ2v) is 7.71. The molecule has 1 amide bonds. The molecule has 7 heteroatoms. The fourth-order valence-corrected chi connectivity index (χ4v) is 3.21. The summed E-state index contributed by atoms with van der Waals surface area (Å²) in [5.74, 6) is -0.482. The Balaban J connectivity index is 3.03. The molecule has 6 nitrogen and oxygen atoms in total. The normalized spacial score (nSPS) is 15.5. The Bertz CT molecular complexity index is 794. The molecular weight excluding hydrogens is 426 g/mol. The number of amides is 1. The second-order valence-electron chi connectivity index (χ2n) is 7.27. The van der Waals surface area contributed by atoms with Crippen LogP contribution in [0.2, 0.25) is 0 Å². The van der Waals surface area contributed by atoms with Gasteiger partial charge in [0.05, 0.1) is 25.9 Å². The first-order chi connectivity index (χ1) is 15.4. The van der Waals surface area contributed by atoms with Crippen LogP contribution in [-0.2, 0) is 14.3 Å². The van der Waals surface area contributed by atoms with E-state index in [0.717, 1.165) is 24.0 Å². The van der Waals surface area contributed by atoms with Crippen LogP contribution >= 0.6 is 11.6 Å². The molecule has 0 aromatic heterocycles. The third-order valence-electron chi connectivity index (χ3n) is 4.55. The summed E-state index contributed by atoms with van der Waals surface area (Å²) in [6.07, 6.45) is 20.0. The van der Waals surface area contributed by atoms with Gasteiger partial charge in [-0.25, -0.2) is 0 Å². The van der Waals surface area contributed by atoms with Crippen molar-refractivity contribution in [3.8, 4) is 0 Å². The van der Waals surface area contributed by atoms with E-state index < -0.39 is 6.04 Å². The molecule has 0 radical (unpaired) electrons. The Morgan fingerprint density at radius 3 is 2.81 bits per heavy atom. The van der Waals surface area contributed by atoms with Crippen molar-refractivity contribution in [3.63, 3.8) is 0 Å². The summed E-state index contributed by atoms with van der Waals surface area (Å²) in [7, 11) is 3.51. The standard InChI is InChI=1S/C25H36ClN3O3/c1-5-7-11-21(14-10-13-20-12-8-9-15-22(26)16-20)17-23(25(31)29(4)19-27-3)28-18-24(30)32-6-2/h7,9-16,23,27-28H,5-6,8,17-19H2,1-4H3/b11-7-,13-10+,21-14+. The summed E-state index contributed by atoms with van der Waals surface area (Å²) < 4.78 is 4.99. The van der Waals surface area contributed by atoms with Gasteiger partial charge >= 0.3 is 5.97 Å². The van der Waals surface area contributed by atoms with Gasteiger partial charge in [-0.05, 0) is 56.5 Å². The average molecular weight is 462 g/mol. The summed E-state index contributed by atoms with van der Waals surface area (Å²) >= 11 is 6.15. The molecule has 0 spiro atoms. The van der Waals surface area contributed by atoms with E-state index in [1.807, 2.05) is 42.5 Å². The minimum Gasteiger partial charge on any atom is -0.465 e. The van der Waals surface area contributed by atoms with Crippen LogP contribution < -0.4 is 10.6 Å². The Morgan fingerprint density at radius 2 is 2.12 bits per heavy atom. The Kier molecular flexibility index (Phi) is 14.0. The fourth-order valence-electron chi connectivity index (χ4n) is 2.99. The van der Waals surface area contributed by atoms with E-state index in [1.165, 1.54) is 0 Å². The van der Waals surface area contributed by atoms with E-state index in [9.17, 15) is 9.59 Å². The van der Waals surface area contributed by atoms with Gasteiger partial charge in [0.2, 0.25) is 5.91 Å². The van der Waals surface area contributed by atoms with Crippen LogP contribution in [0.3, 0.4) is 0 Å². The molecule has 1 aliphatic rings. The molecule has 1 rings (SSSR count). The molecule has 0 bridgehead atoms. The van der Waals surface area contributed by atoms with Gasteiger partial charge in [-0.3, -0.25) is 14.9 Å². The molecule has 0 aromatic rings. The molecule has 0 saturated carbocycles. The number of rotatable bonds is 13. The maximum atomic E-state index is 13.0. The highest BCUT2D eigenvalue weighted by molar-refractivity contribution is 6.31. The fraction of sp³-hybridized carbons (Fsp3) is 0.440. The van der Waals surface area contributed by atoms with Gasteiger partial charge < -0.3 is 15.0 Å². The van der Waals surface area contributed by atoms with E-state index >= 15 is 0 Å². The van der Waals surface area contributed by atoms with E-state index in [1.54, 1.807) is 25.9 Å². The summed E-state index contributed by atoms with van der Waals surface area (Å²) in [5, 5.41) is 6.73. The molecule has 1 unspecified atom stereocenters. The van der Waals surface area contributed by atoms with Gasteiger partial charge in [-0.1, -0.05) is 61.1 Å². The van der Waals surface area contributed by atoms with Crippen LogP contribution in [0.25, 0.3) is 0 Å². The highest BCUT2D eigenvalue weighted by Crippen LogP contribution is 2.16. The molecule has 2 N–H and O–H groups in total. The first-order valence-corrected chi connectivity index (χ1v) is 11.3. The topological polar surface area (TPSA) is 70.7 Å². The molecule has 0 saturated heterocycles. The van der Waals surface area contributed by atoms with Gasteiger partial charge in [0.15, 0.2) is 0 Å². The first-order valence-electron chi connectivity index (χ1n) is 11.0. The number of halogens is 1. The van der Waals surface area contributed by atoms with E-state index in [2.05, 4.69) is 29.7 Å². The summed E-state index contributed by atoms with van der Waals surface area (Å²) in [6, 6.07) is -0.561. The molecule has 1 aliphatic carbocycles. The lowest BCUT2D eigenvalue weighted by atomic mass is 10.0. The zero-order valence-electron chi connectivity index (χ0n) is 19.6. The van der Waals surface area contributed by atoms with Crippen molar-refractivity contribution in [3.05, 3.63) is 70.9 Å². The van der Waals surface area contributed by atoms with Crippen molar-refractivity contribution >= 4 is 23.5 Å². The van der Waals surface area contributed by atoms with Crippen molar-refractivity contribution < 1.29 is 14.3 Å². The Morgan fingerprint density at radius 1 is 1.34 bits per heavy atom. The Labute approximate surface area is 197 Å². The minimum absolute atomic E-state index is 0.0264. The monoisotopic (exact) mass is 461 g/mol. The molecule has 0 aliphatic heterocycles. The van der Waals surface area contributed by atoms with Crippen molar-refractivity contribution in [2.75, 3.05) is 33.9 Å². The van der Waals surface area contributed by atoms with E-state index in [4.69, 9.17) is 16.3 Å². The third-order valence-corrected chi connectivity index (χ3v) is 4.78. The highest BCUT2D eigenvalue weighted by Gasteiger charge is 2.23. The number of esters is 1. The van der Waals surface area contributed by atoms with Gasteiger partial charge in [-0.2, -0.15) is 0 Å². The van der Waals surface area contributed by atoms with Gasteiger partial charge in [0.25, 0.3) is 0 Å². The first kappa shape index (κ1) is 27.6. The van der Waals surface area contributed by atoms with Crippen molar-refractivity contribution in [2.24, 2.45) is 0 Å². The number of hydrogen-bond donors (Lipinski definition) is 2. The van der Waals surface area contributed by atoms with Crippen molar-refractivity contribution in [1.29, 1.82) is 0 Å². The molecule has 32 heavy (non-hydrogen) atoms. The number of ether oxygens (including phenoxy) is 1. The number of allylic oxidation sites excluding steroid dienone is 11. The van der Waals surface area contributed by atoms with Gasteiger partial charge in [0, 0.05) is 12.1 Å². The quantitative estimate of drug-likeness (QED) is 0.246. The maximum Gasteiger partial charge on any atom is 0.319 e. The van der Waals surface area contributed by atoms with Gasteiger partial charge in [-0.15, -0.1) is 0 Å². The number of likely N-dealkylation sites (N-methyl/N-ethyl adjacent to an activating group) is 1. The molecule has 0 aromatic carbocycles. The SMILES string of the molecule is CC\C=C/C(=C\C=C\C1=CCC=CC(Cl)=C1)CC(NCC(=O)OCC)C(=O)N(C)CNC. The number of hydrogen-bond acceptors (Lipinski definition) is 5. The molecule has 0 fully saturated rings. The lowest BCUT2D eigenvalue weighted by Crippen LogP contribution is -2.48. The van der Waals surface area contributed by atoms with Crippen LogP contribution in [0, 0.1) is 0 Å². The van der Waals surface area contributed by atoms with Crippen LogP contribution in [0.15, 0.2) is 70.9 Å². The molecule has 1 atom stereocenters. The van der Waals surface area contributed by atoms with Crippen LogP contribution in [0.5, 0.6) is 0 Å². The third kappa shape index (κ3) is 11.3. The number of carbonyl (C=O) groups is 2. The lowest BCUT2D eigenvalue weighted by Gasteiger charge is -2.24. The average Bonchev–Trinajstić information content (AvgIpc) is 2.98. The maximum absolute atomic E-state index is 13.0. The zero-order valence-corrected chi connectivity index (χ0v) is 20.3. The summed E-state index contributed by atoms with van der Waals surface area (Å²) in [5.41, 5.74) is 2.00. The predicted molar refractivity (Wildman–Crippen MR) is 132 cm³/mol. The predicted octanol–water partition coefficient (Wildman–Crippen LogP) is 3.99. The number of nitrogens with one attached hydrogen (secondary N) is 2. The van der Waals surface area contributed by atoms with Crippen LogP contribution in [-0.4, -0.2) is 56.7 Å². The summed E-state index contributed by atoms with van der Waals surface area (Å²) in [4.78, 5) is 26.4.